The van der Waals surface area contributed by atoms with E-state index in [-0.39, 0.29) is 4.87 Å². The molecule has 0 amide bonds. The number of methoxy groups -OCH3 is 1. The smallest absolute Gasteiger partial charge is 0.307 e. The molecule has 0 spiro atoms. The largest absolute Gasteiger partial charge is 0.496 e. The zero-order valence-electron chi connectivity index (χ0n) is 12.1. The van der Waals surface area contributed by atoms with E-state index in [0.29, 0.717) is 13.1 Å². The summed E-state index contributed by atoms with van der Waals surface area (Å²) in [7, 11) is 1.66. The zero-order chi connectivity index (χ0) is 14.7. The van der Waals surface area contributed by atoms with Crippen LogP contribution in [0.4, 0.5) is 0 Å². The monoisotopic (exact) mass is 292 g/mol. The number of nitrogens with zero attached hydrogens (tertiary/aromatic N) is 1. The quantitative estimate of drug-likeness (QED) is 0.921. The van der Waals surface area contributed by atoms with Crippen LogP contribution in [0, 0.1) is 13.8 Å². The molecule has 2 rings (SSSR count). The number of aromatic nitrogens is 1. The van der Waals surface area contributed by atoms with Gasteiger partial charge < -0.3 is 10.5 Å². The first-order chi connectivity index (χ1) is 9.58. The van der Waals surface area contributed by atoms with Gasteiger partial charge in [-0.25, -0.2) is 0 Å². The van der Waals surface area contributed by atoms with Crippen molar-refractivity contribution in [3.63, 3.8) is 0 Å². The van der Waals surface area contributed by atoms with E-state index in [9.17, 15) is 4.79 Å². The van der Waals surface area contributed by atoms with Gasteiger partial charge >= 0.3 is 4.87 Å². The Morgan fingerprint density at radius 3 is 2.70 bits per heavy atom. The molecule has 0 radical (unpaired) electrons. The predicted molar refractivity (Wildman–Crippen MR) is 83.7 cm³/mol. The number of thiazole rings is 1. The van der Waals surface area contributed by atoms with Gasteiger partial charge in [-0.3, -0.25) is 9.36 Å². The van der Waals surface area contributed by atoms with Crippen molar-refractivity contribution in [1.82, 2.24) is 4.57 Å². The molecule has 5 heteroatoms. The second-order valence-electron chi connectivity index (χ2n) is 4.75. The van der Waals surface area contributed by atoms with Crippen LogP contribution < -0.4 is 15.3 Å². The molecule has 2 aromatic rings. The van der Waals surface area contributed by atoms with E-state index < -0.39 is 0 Å². The molecule has 0 fully saturated rings. The standard InChI is InChI=1S/C15H20N2O2S/c1-10-9-12(5-6-13(10)19-3)14-11(2)20-15(18)17(14)8-4-7-16/h5-6,9H,4,7-8,16H2,1-3H3. The Labute approximate surface area is 122 Å². The Hall–Kier alpha value is -1.59. The van der Waals surface area contributed by atoms with Crippen molar-refractivity contribution in [2.75, 3.05) is 13.7 Å². The molecule has 0 atom stereocenters. The summed E-state index contributed by atoms with van der Waals surface area (Å²) in [6.45, 7) is 5.24. The number of aryl methyl sites for hydroxylation is 2. The number of ether oxygens (including phenoxy) is 1. The highest BCUT2D eigenvalue weighted by Gasteiger charge is 2.14. The van der Waals surface area contributed by atoms with Gasteiger partial charge in [0.05, 0.1) is 12.8 Å². The Morgan fingerprint density at radius 1 is 1.35 bits per heavy atom. The van der Waals surface area contributed by atoms with Gasteiger partial charge in [0.1, 0.15) is 5.75 Å². The van der Waals surface area contributed by atoms with Crippen molar-refractivity contribution >= 4 is 11.3 Å². The fourth-order valence-electron chi connectivity index (χ4n) is 2.35. The topological polar surface area (TPSA) is 57.2 Å². The molecule has 0 saturated heterocycles. The molecular formula is C15H20N2O2S. The second kappa shape index (κ2) is 6.24. The third kappa shape index (κ3) is 2.78. The van der Waals surface area contributed by atoms with Crippen molar-refractivity contribution < 1.29 is 4.74 Å². The van der Waals surface area contributed by atoms with Gasteiger partial charge in [-0.1, -0.05) is 11.3 Å². The zero-order valence-corrected chi connectivity index (χ0v) is 12.9. The maximum absolute atomic E-state index is 12.1. The van der Waals surface area contributed by atoms with E-state index in [1.54, 1.807) is 7.11 Å². The molecule has 0 bridgehead atoms. The lowest BCUT2D eigenvalue weighted by Crippen LogP contribution is -2.16. The van der Waals surface area contributed by atoms with Gasteiger partial charge in [-0.15, -0.1) is 0 Å². The van der Waals surface area contributed by atoms with Crippen LogP contribution in [0.3, 0.4) is 0 Å². The summed E-state index contributed by atoms with van der Waals surface area (Å²) in [6, 6.07) is 6.01. The molecular weight excluding hydrogens is 272 g/mol. The van der Waals surface area contributed by atoms with Crippen molar-refractivity contribution in [3.8, 4) is 17.0 Å². The summed E-state index contributed by atoms with van der Waals surface area (Å²) in [6.07, 6.45) is 0.804. The van der Waals surface area contributed by atoms with Crippen LogP contribution in [-0.4, -0.2) is 18.2 Å². The first-order valence-corrected chi connectivity index (χ1v) is 7.45. The molecule has 1 aromatic heterocycles. The normalized spacial score (nSPS) is 10.8. The fourth-order valence-corrected chi connectivity index (χ4v) is 3.23. The van der Waals surface area contributed by atoms with Crippen LogP contribution in [-0.2, 0) is 6.54 Å². The minimum atomic E-state index is 0.0828. The molecule has 0 aliphatic carbocycles. The highest BCUT2D eigenvalue weighted by molar-refractivity contribution is 7.09. The Kier molecular flexibility index (Phi) is 4.62. The van der Waals surface area contributed by atoms with Crippen molar-refractivity contribution in [2.45, 2.75) is 26.8 Å². The number of nitrogens with two attached hydrogens (primary N) is 1. The average Bonchev–Trinajstić information content (AvgIpc) is 2.70. The number of benzene rings is 1. The van der Waals surface area contributed by atoms with E-state index in [0.717, 1.165) is 33.9 Å². The van der Waals surface area contributed by atoms with Crippen LogP contribution in [0.15, 0.2) is 23.0 Å². The number of hydrogen-bond donors (Lipinski definition) is 1. The molecule has 1 aromatic carbocycles. The Morgan fingerprint density at radius 2 is 2.10 bits per heavy atom. The van der Waals surface area contributed by atoms with Crippen molar-refractivity contribution in [2.24, 2.45) is 5.73 Å². The van der Waals surface area contributed by atoms with E-state index in [1.807, 2.05) is 30.5 Å². The lowest BCUT2D eigenvalue weighted by Gasteiger charge is -2.11. The number of hydrogen-bond acceptors (Lipinski definition) is 4. The lowest BCUT2D eigenvalue weighted by molar-refractivity contribution is 0.412. The summed E-state index contributed by atoms with van der Waals surface area (Å²) in [5, 5.41) is 0. The van der Waals surface area contributed by atoms with Crippen LogP contribution in [0.1, 0.15) is 16.9 Å². The van der Waals surface area contributed by atoms with Crippen molar-refractivity contribution in [3.05, 3.63) is 38.3 Å². The molecule has 0 aliphatic rings. The van der Waals surface area contributed by atoms with Gasteiger partial charge in [0.2, 0.25) is 0 Å². The van der Waals surface area contributed by atoms with Gasteiger partial charge in [-0.2, -0.15) is 0 Å². The minimum absolute atomic E-state index is 0.0828. The fraction of sp³-hybridized carbons (Fsp3) is 0.400. The van der Waals surface area contributed by atoms with Crippen LogP contribution in [0.5, 0.6) is 5.75 Å². The molecule has 1 heterocycles. The van der Waals surface area contributed by atoms with E-state index in [1.165, 1.54) is 11.3 Å². The summed E-state index contributed by atoms with van der Waals surface area (Å²) < 4.78 is 7.11. The van der Waals surface area contributed by atoms with Crippen LogP contribution in [0.2, 0.25) is 0 Å². The molecule has 2 N–H and O–H groups in total. The molecule has 20 heavy (non-hydrogen) atoms. The van der Waals surface area contributed by atoms with Gasteiger partial charge in [0.15, 0.2) is 0 Å². The van der Waals surface area contributed by atoms with E-state index >= 15 is 0 Å². The third-order valence-electron chi connectivity index (χ3n) is 3.32. The SMILES string of the molecule is COc1ccc(-c2c(C)sc(=O)n2CCCN)cc1C. The Balaban J connectivity index is 2.51. The summed E-state index contributed by atoms with van der Waals surface area (Å²) in [4.78, 5) is 13.2. The molecule has 0 aliphatic heterocycles. The summed E-state index contributed by atoms with van der Waals surface area (Å²) in [5.41, 5.74) is 8.67. The molecule has 108 valence electrons. The third-order valence-corrected chi connectivity index (χ3v) is 4.21. The van der Waals surface area contributed by atoms with E-state index in [2.05, 4.69) is 6.07 Å². The lowest BCUT2D eigenvalue weighted by atomic mass is 10.1. The summed E-state index contributed by atoms with van der Waals surface area (Å²) in [5.74, 6) is 0.859. The molecule has 4 nitrogen and oxygen atoms in total. The average molecular weight is 292 g/mol. The van der Waals surface area contributed by atoms with E-state index in [4.69, 9.17) is 10.5 Å². The van der Waals surface area contributed by atoms with Crippen LogP contribution in [0.25, 0.3) is 11.3 Å². The maximum atomic E-state index is 12.1. The second-order valence-corrected chi connectivity index (χ2v) is 5.92. The first kappa shape index (κ1) is 14.8. The maximum Gasteiger partial charge on any atom is 0.307 e. The van der Waals surface area contributed by atoms with Gasteiger partial charge in [-0.05, 0) is 56.1 Å². The van der Waals surface area contributed by atoms with Gasteiger partial charge in [0, 0.05) is 11.4 Å². The highest BCUT2D eigenvalue weighted by Crippen LogP contribution is 2.29. The minimum Gasteiger partial charge on any atom is -0.496 e. The molecule has 0 unspecified atom stereocenters. The highest BCUT2D eigenvalue weighted by atomic mass is 32.1. The first-order valence-electron chi connectivity index (χ1n) is 6.63. The molecule has 0 saturated carbocycles. The van der Waals surface area contributed by atoms with Crippen LogP contribution >= 0.6 is 11.3 Å². The summed E-state index contributed by atoms with van der Waals surface area (Å²) >= 11 is 1.29. The Bertz CT molecular complexity index is 658. The number of rotatable bonds is 5. The van der Waals surface area contributed by atoms with Crippen molar-refractivity contribution in [1.29, 1.82) is 0 Å². The predicted octanol–water partition coefficient (Wildman–Crippen LogP) is 2.55. The van der Waals surface area contributed by atoms with Gasteiger partial charge in [0.25, 0.3) is 0 Å².